The summed E-state index contributed by atoms with van der Waals surface area (Å²) in [6, 6.07) is 0. The fourth-order valence-corrected chi connectivity index (χ4v) is 2.07. The predicted molar refractivity (Wildman–Crippen MR) is 54.9 cm³/mol. The number of hydrogen-bond acceptors (Lipinski definition) is 3. The first-order valence-corrected chi connectivity index (χ1v) is 5.10. The maximum atomic E-state index is 5.76. The summed E-state index contributed by atoms with van der Waals surface area (Å²) in [6.07, 6.45) is 3.68. The lowest BCUT2D eigenvalue weighted by Gasteiger charge is -2.23. The predicted octanol–water partition coefficient (Wildman–Crippen LogP) is 1.55. The fourth-order valence-electron chi connectivity index (χ4n) is 2.07. The van der Waals surface area contributed by atoms with E-state index in [0.29, 0.717) is 5.82 Å². The van der Waals surface area contributed by atoms with Crippen LogP contribution < -0.4 is 5.73 Å². The third-order valence-corrected chi connectivity index (χ3v) is 2.86. The van der Waals surface area contributed by atoms with Gasteiger partial charge in [0.1, 0.15) is 5.82 Å². The Labute approximate surface area is 84.0 Å². The van der Waals surface area contributed by atoms with Crippen LogP contribution in [0.2, 0.25) is 0 Å². The van der Waals surface area contributed by atoms with Gasteiger partial charge in [0.25, 0.3) is 0 Å². The molecule has 4 nitrogen and oxygen atoms in total. The van der Waals surface area contributed by atoms with E-state index in [-0.39, 0.29) is 6.10 Å². The molecule has 1 unspecified atom stereocenters. The number of ether oxygens (including phenoxy) is 1. The van der Waals surface area contributed by atoms with Gasteiger partial charge in [0.15, 0.2) is 0 Å². The van der Waals surface area contributed by atoms with E-state index in [1.54, 1.807) is 0 Å². The number of nitrogen functional groups attached to an aromatic ring is 1. The summed E-state index contributed by atoms with van der Waals surface area (Å²) < 4.78 is 7.57. The van der Waals surface area contributed by atoms with E-state index in [1.165, 1.54) is 12.8 Å². The van der Waals surface area contributed by atoms with Crippen molar-refractivity contribution < 1.29 is 4.74 Å². The Kier molecular flexibility index (Phi) is 2.46. The average Bonchev–Trinajstić information content (AvgIpc) is 2.43. The molecule has 1 aromatic heterocycles. The maximum absolute atomic E-state index is 5.76. The highest BCUT2D eigenvalue weighted by Crippen LogP contribution is 2.31. The van der Waals surface area contributed by atoms with Gasteiger partial charge in [-0.1, -0.05) is 0 Å². The van der Waals surface area contributed by atoms with Crippen molar-refractivity contribution in [3.8, 4) is 0 Å². The second-order valence-corrected chi connectivity index (χ2v) is 3.87. The van der Waals surface area contributed by atoms with Gasteiger partial charge in [0.2, 0.25) is 0 Å². The van der Waals surface area contributed by atoms with Gasteiger partial charge in [0, 0.05) is 19.2 Å². The number of anilines is 1. The van der Waals surface area contributed by atoms with Gasteiger partial charge < -0.3 is 10.5 Å². The molecule has 0 aliphatic carbocycles. The minimum atomic E-state index is 0.193. The highest BCUT2D eigenvalue weighted by Gasteiger charge is 2.22. The Hall–Kier alpha value is -1.03. The van der Waals surface area contributed by atoms with E-state index in [2.05, 4.69) is 5.10 Å². The monoisotopic (exact) mass is 195 g/mol. The van der Waals surface area contributed by atoms with Crippen LogP contribution in [0.4, 0.5) is 5.82 Å². The summed E-state index contributed by atoms with van der Waals surface area (Å²) in [5, 5.41) is 4.20. The molecule has 2 N–H and O–H groups in total. The molecule has 1 saturated heterocycles. The van der Waals surface area contributed by atoms with Gasteiger partial charge in [0.05, 0.1) is 11.8 Å². The standard InChI is InChI=1S/C10H17N3O/c1-7-9(13(2)12-10(7)11)8-5-3-4-6-14-8/h8H,3-6H2,1-2H3,(H2,11,12). The molecule has 2 rings (SSSR count). The van der Waals surface area contributed by atoms with E-state index < -0.39 is 0 Å². The van der Waals surface area contributed by atoms with Crippen LogP contribution in [0.1, 0.15) is 36.6 Å². The smallest absolute Gasteiger partial charge is 0.148 e. The minimum absolute atomic E-state index is 0.193. The normalized spacial score (nSPS) is 22.6. The molecule has 0 bridgehead atoms. The molecule has 78 valence electrons. The molecule has 1 atom stereocenters. The Morgan fingerprint density at radius 1 is 1.50 bits per heavy atom. The number of nitrogens with zero attached hydrogens (tertiary/aromatic N) is 2. The molecule has 0 aromatic carbocycles. The Balaban J connectivity index is 2.29. The van der Waals surface area contributed by atoms with Crippen molar-refractivity contribution in [3.05, 3.63) is 11.3 Å². The van der Waals surface area contributed by atoms with Crippen LogP contribution in [0.5, 0.6) is 0 Å². The van der Waals surface area contributed by atoms with Gasteiger partial charge in [-0.3, -0.25) is 4.68 Å². The van der Waals surface area contributed by atoms with Gasteiger partial charge in [-0.25, -0.2) is 0 Å². The van der Waals surface area contributed by atoms with Gasteiger partial charge >= 0.3 is 0 Å². The van der Waals surface area contributed by atoms with Crippen LogP contribution in [-0.4, -0.2) is 16.4 Å². The van der Waals surface area contributed by atoms with Crippen LogP contribution in [0, 0.1) is 6.92 Å². The van der Waals surface area contributed by atoms with Crippen LogP contribution in [0.3, 0.4) is 0 Å². The average molecular weight is 195 g/mol. The molecular formula is C10H17N3O. The molecule has 1 fully saturated rings. The molecule has 1 aromatic rings. The summed E-state index contributed by atoms with van der Waals surface area (Å²) in [6.45, 7) is 2.87. The highest BCUT2D eigenvalue weighted by molar-refractivity contribution is 5.42. The van der Waals surface area contributed by atoms with E-state index in [9.17, 15) is 0 Å². The zero-order valence-corrected chi connectivity index (χ0v) is 8.79. The van der Waals surface area contributed by atoms with Crippen LogP contribution in [-0.2, 0) is 11.8 Å². The van der Waals surface area contributed by atoms with E-state index in [4.69, 9.17) is 10.5 Å². The molecule has 14 heavy (non-hydrogen) atoms. The van der Waals surface area contributed by atoms with Gasteiger partial charge in [-0.15, -0.1) is 0 Å². The SMILES string of the molecule is Cc1c(N)nn(C)c1C1CCCCO1. The molecule has 2 heterocycles. The summed E-state index contributed by atoms with van der Waals surface area (Å²) >= 11 is 0. The van der Waals surface area contributed by atoms with Crippen molar-refractivity contribution in [3.63, 3.8) is 0 Å². The number of nitrogens with two attached hydrogens (primary N) is 1. The fraction of sp³-hybridized carbons (Fsp3) is 0.700. The lowest BCUT2D eigenvalue weighted by molar-refractivity contribution is 0.00969. The van der Waals surface area contributed by atoms with Crippen LogP contribution >= 0.6 is 0 Å². The quantitative estimate of drug-likeness (QED) is 0.739. The summed E-state index contributed by atoms with van der Waals surface area (Å²) in [5.74, 6) is 0.622. The van der Waals surface area contributed by atoms with Crippen LogP contribution in [0.15, 0.2) is 0 Å². The highest BCUT2D eigenvalue weighted by atomic mass is 16.5. The first kappa shape index (κ1) is 9.52. The summed E-state index contributed by atoms with van der Waals surface area (Å²) in [5.41, 5.74) is 7.97. The lowest BCUT2D eigenvalue weighted by atomic mass is 10.0. The van der Waals surface area contributed by atoms with E-state index in [0.717, 1.165) is 24.3 Å². The number of aryl methyl sites for hydroxylation is 1. The first-order valence-electron chi connectivity index (χ1n) is 5.10. The van der Waals surface area contributed by atoms with Crippen molar-refractivity contribution in [2.45, 2.75) is 32.3 Å². The Morgan fingerprint density at radius 2 is 2.29 bits per heavy atom. The van der Waals surface area contributed by atoms with Gasteiger partial charge in [-0.05, 0) is 26.2 Å². The van der Waals surface area contributed by atoms with Crippen molar-refractivity contribution in [2.75, 3.05) is 12.3 Å². The second-order valence-electron chi connectivity index (χ2n) is 3.87. The topological polar surface area (TPSA) is 53.1 Å². The third-order valence-electron chi connectivity index (χ3n) is 2.86. The Bertz CT molecular complexity index is 326. The number of aromatic nitrogens is 2. The van der Waals surface area contributed by atoms with Crippen molar-refractivity contribution in [2.24, 2.45) is 7.05 Å². The Morgan fingerprint density at radius 3 is 2.79 bits per heavy atom. The summed E-state index contributed by atoms with van der Waals surface area (Å²) in [4.78, 5) is 0. The van der Waals surface area contributed by atoms with E-state index >= 15 is 0 Å². The zero-order valence-electron chi connectivity index (χ0n) is 8.79. The molecular weight excluding hydrogens is 178 g/mol. The third kappa shape index (κ3) is 1.50. The molecule has 1 aliphatic heterocycles. The molecule has 0 spiro atoms. The van der Waals surface area contributed by atoms with Crippen molar-refractivity contribution in [1.82, 2.24) is 9.78 Å². The van der Waals surface area contributed by atoms with Crippen molar-refractivity contribution in [1.29, 1.82) is 0 Å². The second kappa shape index (κ2) is 3.61. The maximum Gasteiger partial charge on any atom is 0.148 e. The molecule has 0 saturated carbocycles. The first-order chi connectivity index (χ1) is 6.70. The molecule has 0 amide bonds. The molecule has 0 radical (unpaired) electrons. The minimum Gasteiger partial charge on any atom is -0.382 e. The molecule has 1 aliphatic rings. The lowest BCUT2D eigenvalue weighted by Crippen LogP contribution is -2.15. The van der Waals surface area contributed by atoms with Gasteiger partial charge in [-0.2, -0.15) is 5.10 Å². The molecule has 4 heteroatoms. The zero-order chi connectivity index (χ0) is 10.1. The largest absolute Gasteiger partial charge is 0.382 e. The number of rotatable bonds is 1. The van der Waals surface area contributed by atoms with E-state index in [1.807, 2.05) is 18.7 Å². The van der Waals surface area contributed by atoms with Crippen molar-refractivity contribution >= 4 is 5.82 Å². The van der Waals surface area contributed by atoms with Crippen LogP contribution in [0.25, 0.3) is 0 Å². The summed E-state index contributed by atoms with van der Waals surface area (Å²) in [7, 11) is 1.93. The number of hydrogen-bond donors (Lipinski definition) is 1.